The topological polar surface area (TPSA) is 198 Å². The summed E-state index contributed by atoms with van der Waals surface area (Å²) in [6, 6.07) is 7.54. The van der Waals surface area contributed by atoms with Crippen LogP contribution < -0.4 is 30.9 Å². The summed E-state index contributed by atoms with van der Waals surface area (Å²) in [6.45, 7) is 4.86. The van der Waals surface area contributed by atoms with E-state index in [-0.39, 0.29) is 39.3 Å². The molecule has 4 rings (SSSR count). The van der Waals surface area contributed by atoms with Crippen LogP contribution in [0.3, 0.4) is 0 Å². The molecule has 1 saturated heterocycles. The number of aromatic hydroxyl groups is 1. The molecule has 0 spiro atoms. The number of fused-ring (bicyclic) bond motifs is 1. The van der Waals surface area contributed by atoms with Crippen molar-refractivity contribution in [1.29, 1.82) is 0 Å². The number of methoxy groups -OCH3 is 3. The molecule has 14 heteroatoms. The number of carbonyl (C=O) groups is 2. The second-order valence-electron chi connectivity index (χ2n) is 9.93. The Morgan fingerprint density at radius 2 is 1.69 bits per heavy atom. The van der Waals surface area contributed by atoms with E-state index in [1.807, 2.05) is 0 Å². The van der Waals surface area contributed by atoms with Crippen molar-refractivity contribution in [3.63, 3.8) is 0 Å². The number of anilines is 1. The lowest BCUT2D eigenvalue weighted by Crippen LogP contribution is -2.65. The van der Waals surface area contributed by atoms with Gasteiger partial charge in [0, 0.05) is 12.7 Å². The molecule has 2 heterocycles. The van der Waals surface area contributed by atoms with Gasteiger partial charge in [0.25, 0.3) is 5.91 Å². The third kappa shape index (κ3) is 5.51. The molecule has 226 valence electrons. The molecular formula is C28H32N2O12. The fourth-order valence-corrected chi connectivity index (χ4v) is 4.92. The molecule has 0 saturated carbocycles. The molecular weight excluding hydrogens is 556 g/mol. The van der Waals surface area contributed by atoms with Crippen molar-refractivity contribution >= 4 is 28.7 Å². The van der Waals surface area contributed by atoms with Crippen LogP contribution in [-0.4, -0.2) is 73.7 Å². The van der Waals surface area contributed by atoms with E-state index in [0.29, 0.717) is 0 Å². The lowest BCUT2D eigenvalue weighted by atomic mass is 9.89. The molecule has 0 radical (unpaired) electrons. The predicted molar refractivity (Wildman–Crippen MR) is 147 cm³/mol. The van der Waals surface area contributed by atoms with Crippen LogP contribution in [0.2, 0.25) is 0 Å². The van der Waals surface area contributed by atoms with Gasteiger partial charge in [-0.05, 0) is 45.0 Å². The first kappa shape index (κ1) is 30.4. The van der Waals surface area contributed by atoms with Gasteiger partial charge in [0.1, 0.15) is 34.5 Å². The Morgan fingerprint density at radius 1 is 1.05 bits per heavy atom. The highest BCUT2D eigenvalue weighted by Crippen LogP contribution is 2.39. The van der Waals surface area contributed by atoms with Crippen molar-refractivity contribution in [3.8, 4) is 23.0 Å². The Labute approximate surface area is 239 Å². The molecule has 1 aliphatic rings. The fourth-order valence-electron chi connectivity index (χ4n) is 4.92. The largest absolute Gasteiger partial charge is 0.505 e. The van der Waals surface area contributed by atoms with Crippen LogP contribution in [0, 0.1) is 6.92 Å². The molecule has 0 bridgehead atoms. The van der Waals surface area contributed by atoms with Crippen LogP contribution >= 0.6 is 0 Å². The zero-order valence-electron chi connectivity index (χ0n) is 23.8. The maximum Gasteiger partial charge on any atom is 0.404 e. The Bertz CT molecular complexity index is 1540. The molecule has 4 atom stereocenters. The Hall–Kier alpha value is -4.53. The van der Waals surface area contributed by atoms with E-state index < -0.39 is 59.3 Å². The number of ether oxygens (including phenoxy) is 6. The van der Waals surface area contributed by atoms with Gasteiger partial charge >= 0.3 is 11.7 Å². The number of amides is 2. The number of aliphatic hydroxyl groups excluding tert-OH is 1. The van der Waals surface area contributed by atoms with Gasteiger partial charge in [0.05, 0.1) is 25.2 Å². The monoisotopic (exact) mass is 588 g/mol. The van der Waals surface area contributed by atoms with Gasteiger partial charge in [-0.2, -0.15) is 0 Å². The second kappa shape index (κ2) is 11.8. The normalized spacial score (nSPS) is 21.4. The fraction of sp³-hybridized carbons (Fsp3) is 0.393. The predicted octanol–water partition coefficient (Wildman–Crippen LogP) is 2.43. The number of aliphatic hydroxyl groups is 1. The molecule has 0 aliphatic carbocycles. The smallest absolute Gasteiger partial charge is 0.404 e. The third-order valence-corrected chi connectivity index (χ3v) is 6.91. The molecule has 2 amide bonds. The molecule has 1 fully saturated rings. The van der Waals surface area contributed by atoms with Crippen molar-refractivity contribution in [2.45, 2.75) is 51.0 Å². The quantitative estimate of drug-likeness (QED) is 0.281. The number of primary amides is 1. The van der Waals surface area contributed by atoms with Crippen LogP contribution in [0.1, 0.15) is 29.8 Å². The summed E-state index contributed by atoms with van der Waals surface area (Å²) >= 11 is 0. The molecule has 0 unspecified atom stereocenters. The van der Waals surface area contributed by atoms with E-state index in [0.717, 1.165) is 0 Å². The Kier molecular flexibility index (Phi) is 8.52. The van der Waals surface area contributed by atoms with Crippen LogP contribution in [0.25, 0.3) is 11.0 Å². The zero-order valence-corrected chi connectivity index (χ0v) is 23.8. The first-order valence-electron chi connectivity index (χ1n) is 12.7. The lowest BCUT2D eigenvalue weighted by Gasteiger charge is -2.47. The van der Waals surface area contributed by atoms with Crippen molar-refractivity contribution in [2.75, 3.05) is 26.6 Å². The van der Waals surface area contributed by atoms with Crippen molar-refractivity contribution in [2.24, 2.45) is 5.73 Å². The first-order chi connectivity index (χ1) is 19.8. The molecule has 42 heavy (non-hydrogen) atoms. The van der Waals surface area contributed by atoms with Crippen molar-refractivity contribution < 1.29 is 52.6 Å². The van der Waals surface area contributed by atoms with Gasteiger partial charge in [-0.1, -0.05) is 6.07 Å². The number of benzene rings is 2. The number of nitrogens with one attached hydrogen (secondary N) is 1. The standard InChI is InChI=1S/C28H32N2O12/c1-12-14(39-26-20(32)22(41-27(29)35)23(38-6)28(2,3)42-26)11-10-13-19(31)18(25(34)40-21(12)13)30-24(33)17-15(36-4)8-7-9-16(17)37-5/h7-11,20,22-23,26,31-32H,1-6H3,(H2,29,35)(H,30,33)/t20-,22+,23-,26-/m1/s1. The van der Waals surface area contributed by atoms with E-state index in [4.69, 9.17) is 38.6 Å². The van der Waals surface area contributed by atoms with Gasteiger partial charge in [-0.15, -0.1) is 0 Å². The first-order valence-corrected chi connectivity index (χ1v) is 12.7. The molecule has 3 aromatic rings. The Balaban J connectivity index is 1.68. The summed E-state index contributed by atoms with van der Waals surface area (Å²) in [5, 5.41) is 24.4. The van der Waals surface area contributed by atoms with Crippen LogP contribution in [0.15, 0.2) is 39.5 Å². The van der Waals surface area contributed by atoms with Gasteiger partial charge in [0.2, 0.25) is 6.29 Å². The van der Waals surface area contributed by atoms with E-state index >= 15 is 0 Å². The Morgan fingerprint density at radius 3 is 2.26 bits per heavy atom. The average molecular weight is 589 g/mol. The number of hydrogen-bond donors (Lipinski definition) is 4. The number of rotatable bonds is 8. The maximum absolute atomic E-state index is 13.1. The van der Waals surface area contributed by atoms with Crippen molar-refractivity contribution in [3.05, 3.63) is 51.9 Å². The number of nitrogens with two attached hydrogens (primary N) is 1. The number of hydrogen-bond acceptors (Lipinski definition) is 12. The minimum atomic E-state index is -1.52. The van der Waals surface area contributed by atoms with Gasteiger partial charge in [-0.25, -0.2) is 9.59 Å². The summed E-state index contributed by atoms with van der Waals surface area (Å²) in [5.41, 5.74) is 2.77. The van der Waals surface area contributed by atoms with E-state index in [2.05, 4.69) is 5.32 Å². The highest BCUT2D eigenvalue weighted by atomic mass is 16.7. The third-order valence-electron chi connectivity index (χ3n) is 6.91. The average Bonchev–Trinajstić information content (AvgIpc) is 2.94. The van der Waals surface area contributed by atoms with Crippen LogP contribution in [-0.2, 0) is 14.2 Å². The molecule has 1 aliphatic heterocycles. The van der Waals surface area contributed by atoms with Crippen LogP contribution in [0.5, 0.6) is 23.0 Å². The number of carbonyl (C=O) groups excluding carboxylic acids is 2. The minimum absolute atomic E-state index is 0.00428. The van der Waals surface area contributed by atoms with E-state index in [9.17, 15) is 24.6 Å². The second-order valence-corrected chi connectivity index (χ2v) is 9.93. The molecule has 2 aromatic carbocycles. The summed E-state index contributed by atoms with van der Waals surface area (Å²) in [6.07, 6.45) is -6.10. The maximum atomic E-state index is 13.1. The highest BCUT2D eigenvalue weighted by molar-refractivity contribution is 6.09. The molecule has 14 nitrogen and oxygen atoms in total. The highest BCUT2D eigenvalue weighted by Gasteiger charge is 2.53. The van der Waals surface area contributed by atoms with Gasteiger partial charge in [0.15, 0.2) is 23.6 Å². The minimum Gasteiger partial charge on any atom is -0.505 e. The molecule has 5 N–H and O–H groups in total. The summed E-state index contributed by atoms with van der Waals surface area (Å²) < 4.78 is 38.3. The van der Waals surface area contributed by atoms with E-state index in [1.165, 1.54) is 45.6 Å². The summed E-state index contributed by atoms with van der Waals surface area (Å²) in [4.78, 5) is 37.6. The molecule has 1 aromatic heterocycles. The van der Waals surface area contributed by atoms with Crippen molar-refractivity contribution in [1.82, 2.24) is 0 Å². The zero-order chi connectivity index (χ0) is 30.9. The van der Waals surface area contributed by atoms with Gasteiger partial charge in [-0.3, -0.25) is 4.79 Å². The SMILES string of the molecule is COc1cccc(OC)c1C(=O)Nc1c(O)c2ccc(O[C@@H]3OC(C)(C)[C@H](OC)[C@@H](OC(N)=O)[C@H]3O)c(C)c2oc1=O. The summed E-state index contributed by atoms with van der Waals surface area (Å²) in [5.74, 6) is -0.842. The lowest BCUT2D eigenvalue weighted by molar-refractivity contribution is -0.304. The number of aryl methyl sites for hydroxylation is 1. The van der Waals surface area contributed by atoms with E-state index in [1.54, 1.807) is 26.8 Å². The summed E-state index contributed by atoms with van der Waals surface area (Å²) in [7, 11) is 4.11. The van der Waals surface area contributed by atoms with Gasteiger partial charge < -0.3 is 54.1 Å². The van der Waals surface area contributed by atoms with Crippen LogP contribution in [0.4, 0.5) is 10.5 Å².